The Kier molecular flexibility index (Phi) is 3.96. The van der Waals surface area contributed by atoms with E-state index >= 15 is 4.39 Å². The van der Waals surface area contributed by atoms with Crippen LogP contribution in [0.1, 0.15) is 17.0 Å². The zero-order valence-electron chi connectivity index (χ0n) is 15.4. The Morgan fingerprint density at radius 2 is 1.71 bits per heavy atom. The fourth-order valence-electron chi connectivity index (χ4n) is 4.76. The highest BCUT2D eigenvalue weighted by molar-refractivity contribution is 5.79. The van der Waals surface area contributed by atoms with Gasteiger partial charge in [-0.1, -0.05) is 48.5 Å². The van der Waals surface area contributed by atoms with Crippen molar-refractivity contribution in [3.8, 4) is 11.1 Å². The van der Waals surface area contributed by atoms with Crippen molar-refractivity contribution in [1.82, 2.24) is 4.90 Å². The minimum absolute atomic E-state index is 0.0343. The van der Waals surface area contributed by atoms with Crippen molar-refractivity contribution in [2.24, 2.45) is 5.41 Å². The molecule has 0 aromatic heterocycles. The van der Waals surface area contributed by atoms with Crippen molar-refractivity contribution in [3.63, 3.8) is 0 Å². The van der Waals surface area contributed by atoms with Gasteiger partial charge < -0.3 is 19.5 Å². The molecule has 1 amide bonds. The molecule has 2 aliphatic heterocycles. The number of aliphatic hydroxyl groups is 1. The third-order valence-electron chi connectivity index (χ3n) is 6.49. The zero-order valence-corrected chi connectivity index (χ0v) is 15.4. The van der Waals surface area contributed by atoms with Crippen molar-refractivity contribution in [3.05, 3.63) is 59.7 Å². The van der Waals surface area contributed by atoms with E-state index in [2.05, 4.69) is 24.3 Å². The molecule has 0 saturated carbocycles. The van der Waals surface area contributed by atoms with Crippen LogP contribution in [0, 0.1) is 5.41 Å². The first-order chi connectivity index (χ1) is 13.6. The molecule has 5 rings (SSSR count). The van der Waals surface area contributed by atoms with E-state index in [0.717, 1.165) is 22.3 Å². The van der Waals surface area contributed by atoms with Gasteiger partial charge in [-0.05, 0) is 22.3 Å². The minimum atomic E-state index is -1.84. The summed E-state index contributed by atoms with van der Waals surface area (Å²) in [6.07, 6.45) is -0.541. The van der Waals surface area contributed by atoms with Crippen LogP contribution in [-0.2, 0) is 9.47 Å². The molecule has 0 bridgehead atoms. The maximum absolute atomic E-state index is 15.1. The standard InChI is InChI=1S/C22H22FNO4/c23-22(12-25)11-24(10-21(22)13-27-14-21)20(26)28-9-19-17-7-3-1-5-15(17)16-6-2-4-8-18(16)19/h1-8,19,25H,9-14H2. The number of nitrogens with zero attached hydrogens (tertiary/aromatic N) is 1. The fraction of sp³-hybridized carbons (Fsp3) is 0.409. The second-order valence-electron chi connectivity index (χ2n) is 8.06. The van der Waals surface area contributed by atoms with Crippen LogP contribution >= 0.6 is 0 Å². The van der Waals surface area contributed by atoms with Crippen molar-refractivity contribution >= 4 is 6.09 Å². The summed E-state index contributed by atoms with van der Waals surface area (Å²) in [6, 6.07) is 16.3. The van der Waals surface area contributed by atoms with Crippen LogP contribution in [0.25, 0.3) is 11.1 Å². The van der Waals surface area contributed by atoms with Crippen LogP contribution in [-0.4, -0.2) is 61.3 Å². The Morgan fingerprint density at radius 3 is 2.21 bits per heavy atom. The van der Waals surface area contributed by atoms with E-state index in [1.165, 1.54) is 4.90 Å². The van der Waals surface area contributed by atoms with Gasteiger partial charge >= 0.3 is 6.09 Å². The van der Waals surface area contributed by atoms with Gasteiger partial charge in [0.15, 0.2) is 5.67 Å². The first-order valence-corrected chi connectivity index (χ1v) is 9.54. The fourth-order valence-corrected chi connectivity index (χ4v) is 4.76. The quantitative estimate of drug-likeness (QED) is 0.885. The first-order valence-electron chi connectivity index (χ1n) is 9.54. The number of carbonyl (C=O) groups excluding carboxylic acids is 1. The number of hydrogen-bond donors (Lipinski definition) is 1. The Labute approximate surface area is 162 Å². The van der Waals surface area contributed by atoms with Crippen molar-refractivity contribution in [1.29, 1.82) is 0 Å². The van der Waals surface area contributed by atoms with E-state index in [1.807, 2.05) is 24.3 Å². The molecule has 146 valence electrons. The molecule has 5 nitrogen and oxygen atoms in total. The summed E-state index contributed by atoms with van der Waals surface area (Å²) in [5.41, 5.74) is 1.95. The van der Waals surface area contributed by atoms with E-state index in [0.29, 0.717) is 0 Å². The number of ether oxygens (including phenoxy) is 2. The van der Waals surface area contributed by atoms with E-state index in [1.54, 1.807) is 0 Å². The van der Waals surface area contributed by atoms with Gasteiger partial charge in [0.2, 0.25) is 0 Å². The number of hydrogen-bond acceptors (Lipinski definition) is 4. The minimum Gasteiger partial charge on any atom is -0.448 e. The topological polar surface area (TPSA) is 59.0 Å². The summed E-state index contributed by atoms with van der Waals surface area (Å²) in [5.74, 6) is -0.0343. The molecule has 3 aliphatic rings. The van der Waals surface area contributed by atoms with Gasteiger partial charge in [0.05, 0.1) is 31.8 Å². The molecule has 2 aromatic rings. The summed E-state index contributed by atoms with van der Waals surface area (Å²) in [5, 5.41) is 9.54. The molecule has 2 saturated heterocycles. The molecular formula is C22H22FNO4. The van der Waals surface area contributed by atoms with E-state index < -0.39 is 23.8 Å². The molecule has 28 heavy (non-hydrogen) atoms. The van der Waals surface area contributed by atoms with Crippen LogP contribution in [0.5, 0.6) is 0 Å². The number of fused-ring (bicyclic) bond motifs is 3. The van der Waals surface area contributed by atoms with Crippen LogP contribution in [0.15, 0.2) is 48.5 Å². The summed E-state index contributed by atoms with van der Waals surface area (Å²) in [4.78, 5) is 14.0. The Hall–Kier alpha value is -2.44. The summed E-state index contributed by atoms with van der Waals surface area (Å²) in [7, 11) is 0. The molecule has 0 radical (unpaired) electrons. The lowest BCUT2D eigenvalue weighted by Crippen LogP contribution is -2.58. The van der Waals surface area contributed by atoms with Gasteiger partial charge in [0.25, 0.3) is 0 Å². The van der Waals surface area contributed by atoms with Crippen LogP contribution in [0.2, 0.25) is 0 Å². The largest absolute Gasteiger partial charge is 0.448 e. The number of halogens is 1. The molecular weight excluding hydrogens is 361 g/mol. The predicted octanol–water partition coefficient (Wildman–Crippen LogP) is 2.97. The molecule has 1 aliphatic carbocycles. The molecule has 2 fully saturated rings. The number of alkyl halides is 1. The lowest BCUT2D eigenvalue weighted by atomic mass is 9.74. The average molecular weight is 383 g/mol. The Morgan fingerprint density at radius 1 is 1.11 bits per heavy atom. The number of amides is 1. The molecule has 2 aromatic carbocycles. The Bertz CT molecular complexity index is 871. The highest BCUT2D eigenvalue weighted by Gasteiger charge is 2.64. The smallest absolute Gasteiger partial charge is 0.409 e. The van der Waals surface area contributed by atoms with Gasteiger partial charge in [0, 0.05) is 12.5 Å². The van der Waals surface area contributed by atoms with Gasteiger partial charge in [-0.25, -0.2) is 9.18 Å². The van der Waals surface area contributed by atoms with Crippen LogP contribution in [0.3, 0.4) is 0 Å². The van der Waals surface area contributed by atoms with E-state index in [4.69, 9.17) is 9.47 Å². The predicted molar refractivity (Wildman–Crippen MR) is 101 cm³/mol. The van der Waals surface area contributed by atoms with E-state index in [9.17, 15) is 9.90 Å². The SMILES string of the molecule is O=C(OCC1c2ccccc2-c2ccccc21)N1CC(F)(CO)C2(COC2)C1. The lowest BCUT2D eigenvalue weighted by molar-refractivity contribution is -0.178. The molecule has 1 spiro atoms. The third kappa shape index (κ3) is 2.41. The molecule has 2 heterocycles. The maximum Gasteiger partial charge on any atom is 0.409 e. The molecule has 1 N–H and O–H groups in total. The average Bonchev–Trinajstić information content (AvgIpc) is 3.19. The number of rotatable bonds is 3. The molecule has 1 atom stereocenters. The number of aliphatic hydroxyl groups excluding tert-OH is 1. The van der Waals surface area contributed by atoms with Crippen LogP contribution < -0.4 is 0 Å². The van der Waals surface area contributed by atoms with Gasteiger partial charge in [-0.2, -0.15) is 0 Å². The van der Waals surface area contributed by atoms with Crippen molar-refractivity contribution in [2.45, 2.75) is 11.6 Å². The highest BCUT2D eigenvalue weighted by Crippen LogP contribution is 2.48. The highest BCUT2D eigenvalue weighted by atomic mass is 19.1. The second kappa shape index (κ2) is 6.29. The molecule has 6 heteroatoms. The van der Waals surface area contributed by atoms with Crippen molar-refractivity contribution < 1.29 is 23.8 Å². The summed E-state index contributed by atoms with van der Waals surface area (Å²) >= 11 is 0. The Balaban J connectivity index is 1.33. The number of likely N-dealkylation sites (tertiary alicyclic amines) is 1. The third-order valence-corrected chi connectivity index (χ3v) is 6.49. The lowest BCUT2D eigenvalue weighted by Gasteiger charge is -2.44. The normalized spacial score (nSPS) is 24.7. The number of carbonyl (C=O) groups is 1. The van der Waals surface area contributed by atoms with Gasteiger partial charge in [0.1, 0.15) is 6.61 Å². The van der Waals surface area contributed by atoms with Crippen LogP contribution in [0.4, 0.5) is 9.18 Å². The first kappa shape index (κ1) is 17.6. The second-order valence-corrected chi connectivity index (χ2v) is 8.06. The summed E-state index contributed by atoms with van der Waals surface area (Å²) in [6.45, 7) is 0.0630. The van der Waals surface area contributed by atoms with Crippen molar-refractivity contribution in [2.75, 3.05) is 39.5 Å². The number of benzene rings is 2. The monoisotopic (exact) mass is 383 g/mol. The maximum atomic E-state index is 15.1. The summed E-state index contributed by atoms with van der Waals surface area (Å²) < 4.78 is 25.9. The van der Waals surface area contributed by atoms with E-state index in [-0.39, 0.29) is 38.8 Å². The van der Waals surface area contributed by atoms with Gasteiger partial charge in [-0.3, -0.25) is 0 Å². The molecule has 1 unspecified atom stereocenters. The zero-order chi connectivity index (χ0) is 19.4. The van der Waals surface area contributed by atoms with Gasteiger partial charge in [-0.15, -0.1) is 0 Å².